The Hall–Kier alpha value is -3.29. The SMILES string of the molecule is CCOC(=O)c1c(C)oc2ncnc(Nc3cc(OC)cc(OC)c3)c12. The standard InChI is InChI=1S/C18H19N3O5/c1-5-25-18(22)14-10(2)26-17-15(14)16(19-9-20-17)21-11-6-12(23-3)8-13(7-11)24-4/h6-9H,5H2,1-4H3,(H,19,20,21). The van der Waals surface area contributed by atoms with Gasteiger partial charge in [-0.15, -0.1) is 0 Å². The number of ether oxygens (including phenoxy) is 3. The van der Waals surface area contributed by atoms with E-state index in [1.165, 1.54) is 6.33 Å². The van der Waals surface area contributed by atoms with Gasteiger partial charge in [0.15, 0.2) is 0 Å². The van der Waals surface area contributed by atoms with Crippen molar-refractivity contribution in [2.24, 2.45) is 0 Å². The van der Waals surface area contributed by atoms with Gasteiger partial charge in [-0.25, -0.2) is 14.8 Å². The average Bonchev–Trinajstić information content (AvgIpc) is 2.98. The minimum atomic E-state index is -0.482. The quantitative estimate of drug-likeness (QED) is 0.670. The minimum absolute atomic E-state index is 0.258. The summed E-state index contributed by atoms with van der Waals surface area (Å²) in [5.41, 5.74) is 1.28. The van der Waals surface area contributed by atoms with Gasteiger partial charge in [-0.1, -0.05) is 0 Å². The van der Waals surface area contributed by atoms with Crippen molar-refractivity contribution in [3.8, 4) is 11.5 Å². The first-order valence-electron chi connectivity index (χ1n) is 7.98. The summed E-state index contributed by atoms with van der Waals surface area (Å²) in [7, 11) is 3.14. The molecular formula is C18H19N3O5. The van der Waals surface area contributed by atoms with Gasteiger partial charge in [0.2, 0.25) is 5.71 Å². The number of nitrogens with zero attached hydrogens (tertiary/aromatic N) is 2. The molecule has 0 radical (unpaired) electrons. The van der Waals surface area contributed by atoms with Crippen molar-refractivity contribution in [3.05, 3.63) is 35.9 Å². The van der Waals surface area contributed by atoms with E-state index in [1.54, 1.807) is 46.3 Å². The van der Waals surface area contributed by atoms with Crippen LogP contribution in [0.5, 0.6) is 11.5 Å². The zero-order valence-electron chi connectivity index (χ0n) is 15.0. The molecule has 8 nitrogen and oxygen atoms in total. The Balaban J connectivity index is 2.10. The van der Waals surface area contributed by atoms with Crippen LogP contribution in [0.25, 0.3) is 11.1 Å². The molecule has 0 unspecified atom stereocenters. The summed E-state index contributed by atoms with van der Waals surface area (Å²) < 4.78 is 21.3. The van der Waals surface area contributed by atoms with E-state index in [-0.39, 0.29) is 6.61 Å². The Bertz CT molecular complexity index is 929. The predicted molar refractivity (Wildman–Crippen MR) is 95.3 cm³/mol. The fourth-order valence-electron chi connectivity index (χ4n) is 2.60. The maximum atomic E-state index is 12.3. The van der Waals surface area contributed by atoms with Crippen molar-refractivity contribution < 1.29 is 23.4 Å². The van der Waals surface area contributed by atoms with Crippen molar-refractivity contribution in [3.63, 3.8) is 0 Å². The van der Waals surface area contributed by atoms with Crippen LogP contribution < -0.4 is 14.8 Å². The predicted octanol–water partition coefficient (Wildman–Crippen LogP) is 3.47. The molecule has 0 aliphatic rings. The fraction of sp³-hybridized carbons (Fsp3) is 0.278. The molecule has 136 valence electrons. The van der Waals surface area contributed by atoms with Gasteiger partial charge in [0.05, 0.1) is 26.2 Å². The number of furan rings is 1. The lowest BCUT2D eigenvalue weighted by Gasteiger charge is -2.11. The first-order valence-corrected chi connectivity index (χ1v) is 7.98. The molecule has 8 heteroatoms. The molecule has 0 aliphatic heterocycles. The second-order valence-corrected chi connectivity index (χ2v) is 5.38. The second-order valence-electron chi connectivity index (χ2n) is 5.38. The lowest BCUT2D eigenvalue weighted by atomic mass is 10.1. The Labute approximate surface area is 150 Å². The number of nitrogens with one attached hydrogen (secondary N) is 1. The molecule has 2 heterocycles. The van der Waals surface area contributed by atoms with Crippen LogP contribution in [-0.2, 0) is 4.74 Å². The second kappa shape index (κ2) is 7.30. The molecule has 3 rings (SSSR count). The molecule has 0 aliphatic carbocycles. The highest BCUT2D eigenvalue weighted by Crippen LogP contribution is 2.33. The van der Waals surface area contributed by atoms with Crippen LogP contribution in [0.1, 0.15) is 23.0 Å². The summed E-state index contributed by atoms with van der Waals surface area (Å²) in [5, 5.41) is 3.63. The van der Waals surface area contributed by atoms with Crippen LogP contribution in [-0.4, -0.2) is 36.8 Å². The van der Waals surface area contributed by atoms with Gasteiger partial charge in [-0.2, -0.15) is 0 Å². The fourth-order valence-corrected chi connectivity index (χ4v) is 2.60. The molecule has 0 amide bonds. The number of methoxy groups -OCH3 is 2. The van der Waals surface area contributed by atoms with Gasteiger partial charge < -0.3 is 23.9 Å². The number of rotatable bonds is 6. The number of hydrogen-bond acceptors (Lipinski definition) is 8. The summed E-state index contributed by atoms with van der Waals surface area (Å²) in [4.78, 5) is 20.7. The number of aromatic nitrogens is 2. The highest BCUT2D eigenvalue weighted by atomic mass is 16.5. The largest absolute Gasteiger partial charge is 0.497 e. The number of anilines is 2. The summed E-state index contributed by atoms with van der Waals surface area (Å²) >= 11 is 0. The van der Waals surface area contributed by atoms with Crippen molar-refractivity contribution in [2.75, 3.05) is 26.1 Å². The van der Waals surface area contributed by atoms with E-state index >= 15 is 0 Å². The molecule has 1 aromatic carbocycles. The molecule has 26 heavy (non-hydrogen) atoms. The highest BCUT2D eigenvalue weighted by molar-refractivity contribution is 6.08. The number of carbonyl (C=O) groups is 1. The maximum Gasteiger partial charge on any atom is 0.342 e. The molecule has 3 aromatic rings. The number of esters is 1. The molecule has 0 bridgehead atoms. The minimum Gasteiger partial charge on any atom is -0.497 e. The molecule has 1 N–H and O–H groups in total. The van der Waals surface area contributed by atoms with E-state index in [9.17, 15) is 4.79 Å². The molecular weight excluding hydrogens is 338 g/mol. The number of hydrogen-bond donors (Lipinski definition) is 1. The zero-order valence-corrected chi connectivity index (χ0v) is 15.0. The summed E-state index contributed by atoms with van der Waals surface area (Å²) in [6.07, 6.45) is 1.36. The first-order chi connectivity index (χ1) is 12.6. The van der Waals surface area contributed by atoms with Crippen molar-refractivity contribution in [1.82, 2.24) is 9.97 Å². The van der Waals surface area contributed by atoms with Gasteiger partial charge in [0, 0.05) is 23.9 Å². The highest BCUT2D eigenvalue weighted by Gasteiger charge is 2.23. The Morgan fingerprint density at radius 1 is 1.15 bits per heavy atom. The Kier molecular flexibility index (Phi) is 4.92. The van der Waals surface area contributed by atoms with Gasteiger partial charge in [-0.05, 0) is 13.8 Å². The summed E-state index contributed by atoms with van der Waals surface area (Å²) in [6, 6.07) is 5.33. The van der Waals surface area contributed by atoms with E-state index in [0.717, 1.165) is 0 Å². The van der Waals surface area contributed by atoms with Gasteiger partial charge >= 0.3 is 5.97 Å². The van der Waals surface area contributed by atoms with E-state index in [4.69, 9.17) is 18.6 Å². The molecule has 0 atom stereocenters. The Morgan fingerprint density at radius 3 is 2.46 bits per heavy atom. The van der Waals surface area contributed by atoms with Crippen molar-refractivity contribution in [1.29, 1.82) is 0 Å². The normalized spacial score (nSPS) is 10.6. The van der Waals surface area contributed by atoms with Crippen LogP contribution in [0.3, 0.4) is 0 Å². The van der Waals surface area contributed by atoms with Crippen LogP contribution in [0.15, 0.2) is 28.9 Å². The lowest BCUT2D eigenvalue weighted by Crippen LogP contribution is -2.06. The van der Waals surface area contributed by atoms with Gasteiger partial charge in [-0.3, -0.25) is 0 Å². The average molecular weight is 357 g/mol. The van der Waals surface area contributed by atoms with Crippen LogP contribution in [0.4, 0.5) is 11.5 Å². The number of carbonyl (C=O) groups excluding carboxylic acids is 1. The van der Waals surface area contributed by atoms with Crippen molar-refractivity contribution in [2.45, 2.75) is 13.8 Å². The Morgan fingerprint density at radius 2 is 1.85 bits per heavy atom. The van der Waals surface area contributed by atoms with Crippen LogP contribution in [0, 0.1) is 6.92 Å². The molecule has 2 aromatic heterocycles. The molecule has 0 saturated carbocycles. The van der Waals surface area contributed by atoms with Crippen LogP contribution in [0.2, 0.25) is 0 Å². The first kappa shape index (κ1) is 17.5. The topological polar surface area (TPSA) is 95.7 Å². The maximum absolute atomic E-state index is 12.3. The molecule has 0 spiro atoms. The van der Waals surface area contributed by atoms with E-state index in [0.29, 0.717) is 45.4 Å². The lowest BCUT2D eigenvalue weighted by molar-refractivity contribution is 0.0526. The molecule has 0 saturated heterocycles. The van der Waals surface area contributed by atoms with Crippen LogP contribution >= 0.6 is 0 Å². The van der Waals surface area contributed by atoms with E-state index in [1.807, 2.05) is 0 Å². The molecule has 0 fully saturated rings. The monoisotopic (exact) mass is 357 g/mol. The summed E-state index contributed by atoms with van der Waals surface area (Å²) in [6.45, 7) is 3.69. The van der Waals surface area contributed by atoms with Gasteiger partial charge in [0.25, 0.3) is 0 Å². The number of fused-ring (bicyclic) bond motifs is 1. The number of benzene rings is 1. The van der Waals surface area contributed by atoms with Gasteiger partial charge in [0.1, 0.15) is 35.0 Å². The zero-order chi connectivity index (χ0) is 18.7. The van der Waals surface area contributed by atoms with E-state index < -0.39 is 5.97 Å². The van der Waals surface area contributed by atoms with Crippen molar-refractivity contribution >= 4 is 28.6 Å². The smallest absolute Gasteiger partial charge is 0.342 e. The summed E-state index contributed by atoms with van der Waals surface area (Å²) in [5.74, 6) is 1.59. The third kappa shape index (κ3) is 3.26. The third-order valence-corrected chi connectivity index (χ3v) is 3.76. The van der Waals surface area contributed by atoms with E-state index in [2.05, 4.69) is 15.3 Å². The number of aryl methyl sites for hydroxylation is 1. The third-order valence-electron chi connectivity index (χ3n) is 3.76.